The topological polar surface area (TPSA) is 49.6 Å². The maximum Gasteiger partial charge on any atom is 0.236 e. The molecule has 0 saturated carbocycles. The third kappa shape index (κ3) is 5.04. The number of amides is 1. The van der Waals surface area contributed by atoms with Crippen molar-refractivity contribution >= 4 is 5.91 Å². The number of piperidine rings is 1. The van der Waals surface area contributed by atoms with E-state index >= 15 is 0 Å². The first-order chi connectivity index (χ1) is 7.94. The molecule has 1 fully saturated rings. The monoisotopic (exact) mass is 241 g/mol. The Hall–Kier alpha value is -0.610. The highest BCUT2D eigenvalue weighted by atomic mass is 16.2. The number of carbonyl (C=O) groups is 1. The number of hydrogen-bond donors (Lipinski definition) is 1. The van der Waals surface area contributed by atoms with Crippen molar-refractivity contribution in [2.75, 3.05) is 39.8 Å². The molecule has 4 nitrogen and oxygen atoms in total. The molecule has 4 heteroatoms. The predicted molar refractivity (Wildman–Crippen MR) is 70.8 cm³/mol. The molecular formula is C13H27N3O. The molecule has 0 atom stereocenters. The first-order valence-electron chi connectivity index (χ1n) is 6.61. The van der Waals surface area contributed by atoms with Gasteiger partial charge in [-0.15, -0.1) is 0 Å². The Kier molecular flexibility index (Phi) is 5.40. The second-order valence-corrected chi connectivity index (χ2v) is 5.98. The van der Waals surface area contributed by atoms with E-state index in [9.17, 15) is 4.79 Å². The number of nitrogens with two attached hydrogens (primary N) is 1. The number of likely N-dealkylation sites (N-methyl/N-ethyl adjacent to an activating group) is 1. The lowest BCUT2D eigenvalue weighted by Gasteiger charge is -2.32. The highest BCUT2D eigenvalue weighted by molar-refractivity contribution is 5.78. The molecule has 1 rings (SSSR count). The third-order valence-electron chi connectivity index (χ3n) is 3.36. The van der Waals surface area contributed by atoms with Crippen molar-refractivity contribution in [1.29, 1.82) is 0 Å². The minimum absolute atomic E-state index is 0.0803. The highest BCUT2D eigenvalue weighted by Crippen LogP contribution is 2.14. The van der Waals surface area contributed by atoms with E-state index in [0.717, 1.165) is 32.5 Å². The van der Waals surface area contributed by atoms with Crippen LogP contribution in [0.15, 0.2) is 0 Å². The average molecular weight is 241 g/mol. The van der Waals surface area contributed by atoms with Crippen molar-refractivity contribution in [3.63, 3.8) is 0 Å². The van der Waals surface area contributed by atoms with Crippen LogP contribution in [0, 0.1) is 5.41 Å². The molecule has 0 aromatic rings. The number of carbonyl (C=O) groups excluding carboxylic acids is 1. The van der Waals surface area contributed by atoms with Crippen molar-refractivity contribution in [1.82, 2.24) is 9.80 Å². The molecule has 100 valence electrons. The zero-order valence-corrected chi connectivity index (χ0v) is 11.5. The lowest BCUT2D eigenvalue weighted by atomic mass is 9.93. The van der Waals surface area contributed by atoms with Crippen LogP contribution in [0.4, 0.5) is 0 Å². The first kappa shape index (κ1) is 14.5. The minimum Gasteiger partial charge on any atom is -0.342 e. The molecule has 1 aliphatic heterocycles. The lowest BCUT2D eigenvalue weighted by Crippen LogP contribution is -2.44. The van der Waals surface area contributed by atoms with Crippen molar-refractivity contribution in [3.05, 3.63) is 0 Å². The molecule has 1 aliphatic rings. The largest absolute Gasteiger partial charge is 0.342 e. The molecule has 0 spiro atoms. The summed E-state index contributed by atoms with van der Waals surface area (Å²) in [5, 5.41) is 0. The van der Waals surface area contributed by atoms with Crippen LogP contribution in [0.5, 0.6) is 0 Å². The molecule has 0 unspecified atom stereocenters. The summed E-state index contributed by atoms with van der Waals surface area (Å²) in [5.41, 5.74) is 5.79. The van der Waals surface area contributed by atoms with Crippen molar-refractivity contribution in [3.8, 4) is 0 Å². The molecule has 17 heavy (non-hydrogen) atoms. The van der Waals surface area contributed by atoms with Crippen LogP contribution < -0.4 is 5.73 Å². The Balaban J connectivity index is 2.34. The second-order valence-electron chi connectivity index (χ2n) is 5.98. The standard InChI is InChI=1S/C13H27N3O/c1-13(2,10-14)11-15(3)9-12(17)16-7-5-4-6-8-16/h4-11,14H2,1-3H3. The molecule has 1 amide bonds. The van der Waals surface area contributed by atoms with E-state index in [1.807, 2.05) is 11.9 Å². The van der Waals surface area contributed by atoms with Crippen LogP contribution in [-0.2, 0) is 4.79 Å². The van der Waals surface area contributed by atoms with Crippen molar-refractivity contribution < 1.29 is 4.79 Å². The van der Waals surface area contributed by atoms with Gasteiger partial charge in [0.1, 0.15) is 0 Å². The molecule has 0 bridgehead atoms. The summed E-state index contributed by atoms with van der Waals surface area (Å²) >= 11 is 0. The summed E-state index contributed by atoms with van der Waals surface area (Å²) < 4.78 is 0. The zero-order chi connectivity index (χ0) is 12.9. The van der Waals surface area contributed by atoms with E-state index < -0.39 is 0 Å². The highest BCUT2D eigenvalue weighted by Gasteiger charge is 2.22. The van der Waals surface area contributed by atoms with Gasteiger partial charge in [-0.1, -0.05) is 13.8 Å². The van der Waals surface area contributed by atoms with Crippen LogP contribution >= 0.6 is 0 Å². The van der Waals surface area contributed by atoms with Gasteiger partial charge in [0.2, 0.25) is 5.91 Å². The predicted octanol–water partition coefficient (Wildman–Crippen LogP) is 0.916. The smallest absolute Gasteiger partial charge is 0.236 e. The van der Waals surface area contributed by atoms with Crippen LogP contribution in [-0.4, -0.2) is 55.5 Å². The van der Waals surface area contributed by atoms with E-state index in [4.69, 9.17) is 5.73 Å². The zero-order valence-electron chi connectivity index (χ0n) is 11.5. The molecule has 1 saturated heterocycles. The van der Waals surface area contributed by atoms with Crippen LogP contribution in [0.1, 0.15) is 33.1 Å². The summed E-state index contributed by atoms with van der Waals surface area (Å²) in [5.74, 6) is 0.264. The number of nitrogens with zero attached hydrogens (tertiary/aromatic N) is 2. The van der Waals surface area contributed by atoms with Gasteiger partial charge in [-0.3, -0.25) is 9.69 Å². The van der Waals surface area contributed by atoms with Crippen LogP contribution in [0.3, 0.4) is 0 Å². The van der Waals surface area contributed by atoms with Crippen molar-refractivity contribution in [2.45, 2.75) is 33.1 Å². The molecule has 0 radical (unpaired) electrons. The van der Waals surface area contributed by atoms with Crippen LogP contribution in [0.25, 0.3) is 0 Å². The van der Waals surface area contributed by atoms with Crippen LogP contribution in [0.2, 0.25) is 0 Å². The Morgan fingerprint density at radius 3 is 2.41 bits per heavy atom. The number of likely N-dealkylation sites (tertiary alicyclic amines) is 1. The maximum atomic E-state index is 12.0. The molecule has 0 aliphatic carbocycles. The number of rotatable bonds is 5. The van der Waals surface area contributed by atoms with E-state index in [1.165, 1.54) is 6.42 Å². The van der Waals surface area contributed by atoms with E-state index in [-0.39, 0.29) is 11.3 Å². The third-order valence-corrected chi connectivity index (χ3v) is 3.36. The van der Waals surface area contributed by atoms with Crippen molar-refractivity contribution in [2.24, 2.45) is 11.1 Å². The Morgan fingerprint density at radius 1 is 1.29 bits per heavy atom. The molecule has 2 N–H and O–H groups in total. The second kappa shape index (κ2) is 6.36. The Bertz CT molecular complexity index is 247. The van der Waals surface area contributed by atoms with Gasteiger partial charge in [-0.05, 0) is 38.3 Å². The Morgan fingerprint density at radius 2 is 1.88 bits per heavy atom. The summed E-state index contributed by atoms with van der Waals surface area (Å²) in [4.78, 5) is 16.1. The normalized spacial score (nSPS) is 17.6. The summed E-state index contributed by atoms with van der Waals surface area (Å²) in [6, 6.07) is 0. The summed E-state index contributed by atoms with van der Waals surface area (Å²) in [6.07, 6.45) is 3.58. The van der Waals surface area contributed by atoms with Gasteiger partial charge in [0.15, 0.2) is 0 Å². The fourth-order valence-electron chi connectivity index (χ4n) is 2.33. The minimum atomic E-state index is 0.0803. The fourth-order valence-corrected chi connectivity index (χ4v) is 2.33. The molecule has 0 aromatic carbocycles. The summed E-state index contributed by atoms with van der Waals surface area (Å²) in [7, 11) is 2.00. The molecule has 1 heterocycles. The first-order valence-corrected chi connectivity index (χ1v) is 6.61. The Labute approximate surface area is 105 Å². The van der Waals surface area contributed by atoms with E-state index in [2.05, 4.69) is 18.7 Å². The quantitative estimate of drug-likeness (QED) is 0.778. The fraction of sp³-hybridized carbons (Fsp3) is 0.923. The molecular weight excluding hydrogens is 214 g/mol. The SMILES string of the molecule is CN(CC(=O)N1CCCCC1)CC(C)(C)CN. The molecule has 0 aromatic heterocycles. The van der Waals surface area contributed by atoms with Gasteiger partial charge in [0, 0.05) is 19.6 Å². The van der Waals surface area contributed by atoms with Gasteiger partial charge >= 0.3 is 0 Å². The van der Waals surface area contributed by atoms with Gasteiger partial charge in [0.05, 0.1) is 6.54 Å². The van der Waals surface area contributed by atoms with E-state index in [1.54, 1.807) is 0 Å². The van der Waals surface area contributed by atoms with Gasteiger partial charge in [0.25, 0.3) is 0 Å². The van der Waals surface area contributed by atoms with Gasteiger partial charge < -0.3 is 10.6 Å². The number of hydrogen-bond acceptors (Lipinski definition) is 3. The summed E-state index contributed by atoms with van der Waals surface area (Å²) in [6.45, 7) is 8.17. The van der Waals surface area contributed by atoms with Gasteiger partial charge in [-0.2, -0.15) is 0 Å². The maximum absolute atomic E-state index is 12.0. The lowest BCUT2D eigenvalue weighted by molar-refractivity contribution is -0.133. The van der Waals surface area contributed by atoms with E-state index in [0.29, 0.717) is 13.1 Å². The van der Waals surface area contributed by atoms with Gasteiger partial charge in [-0.25, -0.2) is 0 Å². The average Bonchev–Trinajstić information content (AvgIpc) is 2.29.